The molecule has 0 unspecified atom stereocenters. The van der Waals surface area contributed by atoms with Crippen molar-refractivity contribution in [3.63, 3.8) is 0 Å². The molecule has 0 N–H and O–H groups in total. The number of nitrogens with zero attached hydrogens (tertiary/aromatic N) is 3. The Morgan fingerprint density at radius 3 is 2.63 bits per heavy atom. The molecule has 0 aromatic heterocycles. The quantitative estimate of drug-likeness (QED) is 0.838. The molecule has 4 rings (SSSR count). The summed E-state index contributed by atoms with van der Waals surface area (Å²) in [6.07, 6.45) is 0. The zero-order valence-corrected chi connectivity index (χ0v) is 15.9. The molecule has 2 heterocycles. The second-order valence-electron chi connectivity index (χ2n) is 7.37. The van der Waals surface area contributed by atoms with Crippen LogP contribution in [0.2, 0.25) is 0 Å². The van der Waals surface area contributed by atoms with Crippen LogP contribution in [0.4, 0.5) is 5.69 Å². The third-order valence-corrected chi connectivity index (χ3v) is 5.39. The molecule has 0 aliphatic carbocycles. The lowest BCUT2D eigenvalue weighted by Gasteiger charge is -2.37. The van der Waals surface area contributed by atoms with Crippen LogP contribution in [-0.4, -0.2) is 61.6 Å². The first-order valence-electron chi connectivity index (χ1n) is 9.71. The number of anilines is 1. The summed E-state index contributed by atoms with van der Waals surface area (Å²) in [6, 6.07) is 16.7. The Morgan fingerprint density at radius 2 is 1.81 bits per heavy atom. The second kappa shape index (κ2) is 8.01. The first kappa shape index (κ1) is 17.9. The fourth-order valence-electron chi connectivity index (χ4n) is 3.84. The average Bonchev–Trinajstić information content (AvgIpc) is 2.90. The smallest absolute Gasteiger partial charge is 0.236 e. The van der Waals surface area contributed by atoms with Gasteiger partial charge in [0.2, 0.25) is 5.91 Å². The first-order chi connectivity index (χ1) is 13.2. The zero-order valence-electron chi connectivity index (χ0n) is 15.9. The molecule has 27 heavy (non-hydrogen) atoms. The summed E-state index contributed by atoms with van der Waals surface area (Å²) in [7, 11) is 0. The minimum atomic E-state index is 0.221. The van der Waals surface area contributed by atoms with Crippen LogP contribution in [-0.2, 0) is 11.3 Å². The maximum atomic E-state index is 12.8. The van der Waals surface area contributed by atoms with E-state index in [0.717, 1.165) is 50.6 Å². The SMILES string of the molecule is Cc1cccc(N2CCN(C(=O)CN3CCOc4ccccc4C3)CC2)c1. The minimum Gasteiger partial charge on any atom is -0.492 e. The molecule has 0 atom stereocenters. The fourth-order valence-corrected chi connectivity index (χ4v) is 3.84. The van der Waals surface area contributed by atoms with Gasteiger partial charge in [-0.3, -0.25) is 9.69 Å². The predicted octanol–water partition coefficient (Wildman–Crippen LogP) is 2.54. The predicted molar refractivity (Wildman–Crippen MR) is 107 cm³/mol. The van der Waals surface area contributed by atoms with Gasteiger partial charge in [-0.05, 0) is 30.7 Å². The van der Waals surface area contributed by atoms with Gasteiger partial charge in [0.05, 0.1) is 6.54 Å². The van der Waals surface area contributed by atoms with Crippen LogP contribution >= 0.6 is 0 Å². The molecule has 1 saturated heterocycles. The number of rotatable bonds is 3. The monoisotopic (exact) mass is 365 g/mol. The summed E-state index contributed by atoms with van der Waals surface area (Å²) in [6.45, 7) is 8.11. The highest BCUT2D eigenvalue weighted by molar-refractivity contribution is 5.78. The molecule has 2 aliphatic heterocycles. The van der Waals surface area contributed by atoms with Crippen LogP contribution in [0.3, 0.4) is 0 Å². The third kappa shape index (κ3) is 4.25. The van der Waals surface area contributed by atoms with Gasteiger partial charge in [-0.25, -0.2) is 0 Å². The number of piperazine rings is 1. The van der Waals surface area contributed by atoms with Crippen molar-refractivity contribution in [2.45, 2.75) is 13.5 Å². The van der Waals surface area contributed by atoms with Crippen molar-refractivity contribution in [3.8, 4) is 5.75 Å². The Kier molecular flexibility index (Phi) is 5.30. The lowest BCUT2D eigenvalue weighted by molar-refractivity contribution is -0.132. The summed E-state index contributed by atoms with van der Waals surface area (Å²) in [5.74, 6) is 1.16. The number of ether oxygens (including phenoxy) is 1. The Labute approximate surface area is 161 Å². The van der Waals surface area contributed by atoms with E-state index < -0.39 is 0 Å². The topological polar surface area (TPSA) is 36.0 Å². The highest BCUT2D eigenvalue weighted by Gasteiger charge is 2.24. The van der Waals surface area contributed by atoms with Crippen molar-refractivity contribution < 1.29 is 9.53 Å². The summed E-state index contributed by atoms with van der Waals surface area (Å²) in [5.41, 5.74) is 3.69. The van der Waals surface area contributed by atoms with E-state index in [4.69, 9.17) is 4.74 Å². The maximum absolute atomic E-state index is 12.8. The number of carbonyl (C=O) groups is 1. The lowest BCUT2D eigenvalue weighted by atomic mass is 10.2. The van der Waals surface area contributed by atoms with Crippen molar-refractivity contribution >= 4 is 11.6 Å². The fraction of sp³-hybridized carbons (Fsp3) is 0.409. The van der Waals surface area contributed by atoms with Crippen LogP contribution < -0.4 is 9.64 Å². The number of para-hydroxylation sites is 1. The van der Waals surface area contributed by atoms with Gasteiger partial charge in [-0.15, -0.1) is 0 Å². The van der Waals surface area contributed by atoms with E-state index in [1.165, 1.54) is 11.3 Å². The largest absolute Gasteiger partial charge is 0.492 e. The molecule has 0 spiro atoms. The maximum Gasteiger partial charge on any atom is 0.236 e. The van der Waals surface area contributed by atoms with E-state index in [-0.39, 0.29) is 5.91 Å². The Bertz CT molecular complexity index is 800. The number of hydrogen-bond acceptors (Lipinski definition) is 4. The third-order valence-electron chi connectivity index (χ3n) is 5.39. The number of amides is 1. The van der Waals surface area contributed by atoms with Gasteiger partial charge in [0.15, 0.2) is 0 Å². The van der Waals surface area contributed by atoms with E-state index >= 15 is 0 Å². The summed E-state index contributed by atoms with van der Waals surface area (Å²) < 4.78 is 5.81. The lowest BCUT2D eigenvalue weighted by Crippen LogP contribution is -2.51. The average molecular weight is 365 g/mol. The van der Waals surface area contributed by atoms with Crippen LogP contribution in [0, 0.1) is 6.92 Å². The number of aryl methyl sites for hydroxylation is 1. The van der Waals surface area contributed by atoms with Crippen molar-refractivity contribution in [1.82, 2.24) is 9.80 Å². The molecule has 1 amide bonds. The van der Waals surface area contributed by atoms with Crippen molar-refractivity contribution in [3.05, 3.63) is 59.7 Å². The second-order valence-corrected chi connectivity index (χ2v) is 7.37. The number of hydrogen-bond donors (Lipinski definition) is 0. The summed E-state index contributed by atoms with van der Waals surface area (Å²) in [4.78, 5) is 19.4. The van der Waals surface area contributed by atoms with E-state index in [0.29, 0.717) is 13.2 Å². The van der Waals surface area contributed by atoms with E-state index in [1.807, 2.05) is 23.1 Å². The standard InChI is InChI=1S/C22H27N3O2/c1-18-5-4-7-20(15-18)24-9-11-25(12-10-24)22(26)17-23-13-14-27-21-8-3-2-6-19(21)16-23/h2-8,15H,9-14,16-17H2,1H3. The molecular formula is C22H27N3O2. The van der Waals surface area contributed by atoms with Gasteiger partial charge >= 0.3 is 0 Å². The van der Waals surface area contributed by atoms with E-state index in [1.54, 1.807) is 0 Å². The molecule has 0 bridgehead atoms. The zero-order chi connectivity index (χ0) is 18.6. The number of benzene rings is 2. The normalized spacial score (nSPS) is 17.8. The van der Waals surface area contributed by atoms with Crippen molar-refractivity contribution in [2.75, 3.05) is 50.8 Å². The summed E-state index contributed by atoms with van der Waals surface area (Å²) >= 11 is 0. The minimum absolute atomic E-state index is 0.221. The molecule has 5 nitrogen and oxygen atoms in total. The van der Waals surface area contributed by atoms with Crippen LogP contribution in [0.1, 0.15) is 11.1 Å². The molecule has 0 radical (unpaired) electrons. The van der Waals surface area contributed by atoms with Gasteiger partial charge in [-0.2, -0.15) is 0 Å². The molecule has 2 aliphatic rings. The van der Waals surface area contributed by atoms with Crippen LogP contribution in [0.25, 0.3) is 0 Å². The number of fused-ring (bicyclic) bond motifs is 1. The van der Waals surface area contributed by atoms with Crippen molar-refractivity contribution in [1.29, 1.82) is 0 Å². The van der Waals surface area contributed by atoms with Crippen molar-refractivity contribution in [2.24, 2.45) is 0 Å². The first-order valence-corrected chi connectivity index (χ1v) is 9.71. The van der Waals surface area contributed by atoms with Gasteiger partial charge < -0.3 is 14.5 Å². The Hall–Kier alpha value is -2.53. The van der Waals surface area contributed by atoms with Crippen LogP contribution in [0.15, 0.2) is 48.5 Å². The molecule has 5 heteroatoms. The molecule has 2 aromatic carbocycles. The molecular weight excluding hydrogens is 338 g/mol. The van der Waals surface area contributed by atoms with Gasteiger partial charge in [0, 0.05) is 50.5 Å². The van der Waals surface area contributed by atoms with E-state index in [2.05, 4.69) is 47.1 Å². The van der Waals surface area contributed by atoms with Gasteiger partial charge in [0.1, 0.15) is 12.4 Å². The van der Waals surface area contributed by atoms with Crippen LogP contribution in [0.5, 0.6) is 5.75 Å². The molecule has 0 saturated carbocycles. The number of carbonyl (C=O) groups excluding carboxylic acids is 1. The highest BCUT2D eigenvalue weighted by atomic mass is 16.5. The summed E-state index contributed by atoms with van der Waals surface area (Å²) in [5, 5.41) is 0. The molecule has 142 valence electrons. The highest BCUT2D eigenvalue weighted by Crippen LogP contribution is 2.22. The van der Waals surface area contributed by atoms with Gasteiger partial charge in [-0.1, -0.05) is 30.3 Å². The van der Waals surface area contributed by atoms with E-state index in [9.17, 15) is 4.79 Å². The Morgan fingerprint density at radius 1 is 1.00 bits per heavy atom. The van der Waals surface area contributed by atoms with Gasteiger partial charge in [0.25, 0.3) is 0 Å². The Balaban J connectivity index is 1.32. The molecule has 1 fully saturated rings. The molecule has 2 aromatic rings.